The molecule has 1 aromatic rings. The molecule has 1 rings (SSSR count). The molecule has 0 atom stereocenters. The highest BCUT2D eigenvalue weighted by molar-refractivity contribution is 9.11. The first-order chi connectivity index (χ1) is 6.02. The summed E-state index contributed by atoms with van der Waals surface area (Å²) in [6.45, 7) is 3.44. The van der Waals surface area contributed by atoms with Crippen molar-refractivity contribution < 1.29 is 9.90 Å². The summed E-state index contributed by atoms with van der Waals surface area (Å²) in [5, 5.41) is 8.76. The minimum Gasteiger partial charge on any atom is -0.478 e. The fourth-order valence-corrected chi connectivity index (χ4v) is 2.30. The van der Waals surface area contributed by atoms with E-state index < -0.39 is 5.97 Å². The number of hydrogen-bond acceptors (Lipinski definition) is 2. The second kappa shape index (κ2) is 4.07. The predicted octanol–water partition coefficient (Wildman–Crippen LogP) is 3.39. The van der Waals surface area contributed by atoms with Crippen LogP contribution in [0.1, 0.15) is 18.7 Å². The van der Waals surface area contributed by atoms with Crippen molar-refractivity contribution in [2.24, 2.45) is 0 Å². The molecule has 0 radical (unpaired) electrons. The highest BCUT2D eigenvalue weighted by atomic mass is 79.9. The van der Waals surface area contributed by atoms with Gasteiger partial charge in [-0.05, 0) is 47.5 Å². The van der Waals surface area contributed by atoms with E-state index >= 15 is 0 Å². The number of carbonyl (C=O) groups is 1. The average molecular weight is 261 g/mol. The molecule has 70 valence electrons. The van der Waals surface area contributed by atoms with Crippen LogP contribution in [0.2, 0.25) is 0 Å². The summed E-state index contributed by atoms with van der Waals surface area (Å²) in [6.07, 6.45) is 0. The highest BCUT2D eigenvalue weighted by Crippen LogP contribution is 2.29. The molecule has 13 heavy (non-hydrogen) atoms. The van der Waals surface area contributed by atoms with Crippen molar-refractivity contribution in [2.45, 2.75) is 13.8 Å². The summed E-state index contributed by atoms with van der Waals surface area (Å²) in [6, 6.07) is 3.83. The van der Waals surface area contributed by atoms with Crippen LogP contribution in [0, 0.1) is 0 Å². The second-order valence-electron chi connectivity index (χ2n) is 2.66. The molecular weight excluding hydrogens is 252 g/mol. The van der Waals surface area contributed by atoms with Crippen LogP contribution >= 0.6 is 27.3 Å². The number of thiophene rings is 1. The maximum absolute atomic E-state index is 10.7. The Hall–Kier alpha value is -0.610. The van der Waals surface area contributed by atoms with Gasteiger partial charge in [-0.25, -0.2) is 4.79 Å². The van der Waals surface area contributed by atoms with Crippen molar-refractivity contribution in [2.75, 3.05) is 0 Å². The molecule has 1 aromatic heterocycles. The van der Waals surface area contributed by atoms with E-state index in [1.165, 1.54) is 11.3 Å². The van der Waals surface area contributed by atoms with E-state index in [2.05, 4.69) is 15.9 Å². The van der Waals surface area contributed by atoms with Crippen LogP contribution in [0.15, 0.2) is 21.5 Å². The maximum atomic E-state index is 10.7. The molecule has 2 nitrogen and oxygen atoms in total. The lowest BCUT2D eigenvalue weighted by Gasteiger charge is -1.99. The Balaban J connectivity index is 3.09. The van der Waals surface area contributed by atoms with Gasteiger partial charge < -0.3 is 5.11 Å². The largest absolute Gasteiger partial charge is 0.478 e. The zero-order chi connectivity index (χ0) is 10.0. The van der Waals surface area contributed by atoms with Crippen LogP contribution in [0.5, 0.6) is 0 Å². The van der Waals surface area contributed by atoms with Crippen molar-refractivity contribution in [3.8, 4) is 0 Å². The number of allylic oxidation sites excluding steroid dienone is 1. The second-order valence-corrected chi connectivity index (χ2v) is 5.12. The van der Waals surface area contributed by atoms with Crippen molar-refractivity contribution >= 4 is 38.8 Å². The van der Waals surface area contributed by atoms with E-state index in [1.807, 2.05) is 19.1 Å². The van der Waals surface area contributed by atoms with Crippen molar-refractivity contribution in [1.82, 2.24) is 0 Å². The standard InChI is InChI=1S/C9H9BrO2S/c1-5(6(2)9(11)12)7-3-4-8(10)13-7/h3-4H,1-2H3,(H,11,12). The molecule has 0 aliphatic carbocycles. The van der Waals surface area contributed by atoms with Gasteiger partial charge in [-0.1, -0.05) is 0 Å². The summed E-state index contributed by atoms with van der Waals surface area (Å²) in [5.74, 6) is -0.859. The van der Waals surface area contributed by atoms with Crippen LogP contribution in [-0.2, 0) is 4.79 Å². The smallest absolute Gasteiger partial charge is 0.331 e. The third kappa shape index (κ3) is 2.42. The molecule has 4 heteroatoms. The fourth-order valence-electron chi connectivity index (χ4n) is 0.861. The zero-order valence-electron chi connectivity index (χ0n) is 7.30. The fraction of sp³-hybridized carbons (Fsp3) is 0.222. The first-order valence-electron chi connectivity index (χ1n) is 3.69. The van der Waals surface area contributed by atoms with Gasteiger partial charge in [0.05, 0.1) is 3.79 Å². The Morgan fingerprint density at radius 3 is 2.46 bits per heavy atom. The van der Waals surface area contributed by atoms with Crippen LogP contribution in [0.4, 0.5) is 0 Å². The summed E-state index contributed by atoms with van der Waals surface area (Å²) >= 11 is 4.87. The molecule has 1 N–H and O–H groups in total. The van der Waals surface area contributed by atoms with Gasteiger partial charge in [0.2, 0.25) is 0 Å². The predicted molar refractivity (Wildman–Crippen MR) is 57.9 cm³/mol. The minimum absolute atomic E-state index is 0.398. The van der Waals surface area contributed by atoms with Gasteiger partial charge in [0, 0.05) is 10.5 Å². The molecule has 0 fully saturated rings. The van der Waals surface area contributed by atoms with Gasteiger partial charge in [-0.2, -0.15) is 0 Å². The van der Waals surface area contributed by atoms with Gasteiger partial charge in [0.25, 0.3) is 0 Å². The van der Waals surface area contributed by atoms with Gasteiger partial charge in [-0.3, -0.25) is 0 Å². The Labute approximate surface area is 89.0 Å². The van der Waals surface area contributed by atoms with Crippen LogP contribution in [0.25, 0.3) is 5.57 Å². The van der Waals surface area contributed by atoms with Gasteiger partial charge in [-0.15, -0.1) is 11.3 Å². The van der Waals surface area contributed by atoms with Gasteiger partial charge in [0.15, 0.2) is 0 Å². The molecule has 0 unspecified atom stereocenters. The molecule has 0 aliphatic rings. The number of aliphatic carboxylic acids is 1. The lowest BCUT2D eigenvalue weighted by molar-refractivity contribution is -0.132. The highest BCUT2D eigenvalue weighted by Gasteiger charge is 2.08. The first kappa shape index (κ1) is 10.5. The lowest BCUT2D eigenvalue weighted by Crippen LogP contribution is -1.98. The van der Waals surface area contributed by atoms with Gasteiger partial charge >= 0.3 is 5.97 Å². The van der Waals surface area contributed by atoms with Crippen molar-refractivity contribution in [3.05, 3.63) is 26.4 Å². The molecule has 1 heterocycles. The number of hydrogen-bond donors (Lipinski definition) is 1. The van der Waals surface area contributed by atoms with Crippen molar-refractivity contribution in [1.29, 1.82) is 0 Å². The molecule has 0 aliphatic heterocycles. The summed E-state index contributed by atoms with van der Waals surface area (Å²) in [7, 11) is 0. The third-order valence-corrected chi connectivity index (χ3v) is 3.57. The number of halogens is 1. The van der Waals surface area contributed by atoms with Crippen LogP contribution < -0.4 is 0 Å². The number of rotatable bonds is 2. The summed E-state index contributed by atoms with van der Waals surface area (Å²) in [4.78, 5) is 11.6. The number of carboxylic acid groups (broad SMARTS) is 1. The Morgan fingerprint density at radius 2 is 2.08 bits per heavy atom. The van der Waals surface area contributed by atoms with Crippen LogP contribution in [-0.4, -0.2) is 11.1 Å². The molecule has 0 saturated heterocycles. The first-order valence-corrected chi connectivity index (χ1v) is 5.30. The van der Waals surface area contributed by atoms with E-state index in [0.29, 0.717) is 5.57 Å². The van der Waals surface area contributed by atoms with E-state index in [1.54, 1.807) is 6.92 Å². The molecule has 0 aromatic carbocycles. The molecule has 0 amide bonds. The van der Waals surface area contributed by atoms with E-state index in [0.717, 1.165) is 14.2 Å². The minimum atomic E-state index is -0.859. The summed E-state index contributed by atoms with van der Waals surface area (Å²) < 4.78 is 1.01. The Morgan fingerprint density at radius 1 is 1.46 bits per heavy atom. The van der Waals surface area contributed by atoms with Crippen molar-refractivity contribution in [3.63, 3.8) is 0 Å². The summed E-state index contributed by atoms with van der Waals surface area (Å²) in [5.41, 5.74) is 1.22. The Kier molecular flexibility index (Phi) is 3.27. The van der Waals surface area contributed by atoms with E-state index in [4.69, 9.17) is 5.11 Å². The SMILES string of the molecule is CC(C(=O)O)=C(C)c1ccc(Br)s1. The molecule has 0 bridgehead atoms. The normalized spacial score (nSPS) is 12.5. The lowest BCUT2D eigenvalue weighted by atomic mass is 10.1. The van der Waals surface area contributed by atoms with Gasteiger partial charge in [0.1, 0.15) is 0 Å². The third-order valence-electron chi connectivity index (χ3n) is 1.83. The van der Waals surface area contributed by atoms with Crippen LogP contribution in [0.3, 0.4) is 0 Å². The van der Waals surface area contributed by atoms with E-state index in [9.17, 15) is 4.79 Å². The molecular formula is C9H9BrO2S. The molecule has 0 saturated carbocycles. The maximum Gasteiger partial charge on any atom is 0.331 e. The van der Waals surface area contributed by atoms with E-state index in [-0.39, 0.29) is 0 Å². The molecule has 0 spiro atoms. The topological polar surface area (TPSA) is 37.3 Å². The Bertz CT molecular complexity index is 365. The average Bonchev–Trinajstić information content (AvgIpc) is 2.49. The monoisotopic (exact) mass is 260 g/mol. The zero-order valence-corrected chi connectivity index (χ0v) is 9.70. The number of carboxylic acids is 1. The quantitative estimate of drug-likeness (QED) is 0.828.